The van der Waals surface area contributed by atoms with E-state index in [1.807, 2.05) is 12.1 Å². The molecular formula is C22H29N5O. The van der Waals surface area contributed by atoms with Crippen LogP contribution in [-0.4, -0.2) is 32.0 Å². The average Bonchev–Trinajstić information content (AvgIpc) is 3.26. The van der Waals surface area contributed by atoms with Gasteiger partial charge in [-0.25, -0.2) is 0 Å². The van der Waals surface area contributed by atoms with Crippen molar-refractivity contribution < 1.29 is 4.79 Å². The van der Waals surface area contributed by atoms with Crippen LogP contribution in [0, 0.1) is 0 Å². The van der Waals surface area contributed by atoms with Gasteiger partial charge in [0.05, 0.1) is 6.04 Å². The SMILES string of the molecule is CN=C(NCc1ccc(C(N)=O)cc1)NC(C)c1cccc(N2CCCC2)c1. The number of guanidine groups is 1. The maximum absolute atomic E-state index is 11.2. The first-order chi connectivity index (χ1) is 13.6. The Morgan fingerprint density at radius 1 is 1.18 bits per heavy atom. The van der Waals surface area contributed by atoms with Crippen molar-refractivity contribution >= 4 is 17.6 Å². The van der Waals surface area contributed by atoms with Crippen LogP contribution in [0.2, 0.25) is 0 Å². The summed E-state index contributed by atoms with van der Waals surface area (Å²) in [6.45, 7) is 5.03. The third-order valence-corrected chi connectivity index (χ3v) is 5.12. The van der Waals surface area contributed by atoms with Crippen molar-refractivity contribution in [3.05, 3.63) is 65.2 Å². The second-order valence-corrected chi connectivity index (χ2v) is 7.14. The Bertz CT molecular complexity index is 825. The first kappa shape index (κ1) is 19.7. The summed E-state index contributed by atoms with van der Waals surface area (Å²) in [6.07, 6.45) is 2.55. The van der Waals surface area contributed by atoms with Gasteiger partial charge in [0.15, 0.2) is 5.96 Å². The lowest BCUT2D eigenvalue weighted by molar-refractivity contribution is 0.100. The molecule has 0 saturated carbocycles. The highest BCUT2D eigenvalue weighted by Gasteiger charge is 2.14. The molecule has 2 aromatic carbocycles. The summed E-state index contributed by atoms with van der Waals surface area (Å²) in [5.74, 6) is 0.319. The molecule has 28 heavy (non-hydrogen) atoms. The minimum Gasteiger partial charge on any atom is -0.372 e. The van der Waals surface area contributed by atoms with Gasteiger partial charge in [-0.3, -0.25) is 9.79 Å². The van der Waals surface area contributed by atoms with Crippen LogP contribution in [0.3, 0.4) is 0 Å². The van der Waals surface area contributed by atoms with Gasteiger partial charge in [-0.05, 0) is 55.2 Å². The second kappa shape index (κ2) is 9.26. The standard InChI is InChI=1S/C22H29N5O/c1-16(19-6-5-7-20(14-19)27-12-3-4-13-27)26-22(24-2)25-15-17-8-10-18(11-9-17)21(23)28/h5-11,14,16H,3-4,12-13,15H2,1-2H3,(H2,23,28)(H2,24,25,26). The van der Waals surface area contributed by atoms with Crippen LogP contribution in [-0.2, 0) is 6.54 Å². The molecule has 6 nitrogen and oxygen atoms in total. The molecule has 1 unspecified atom stereocenters. The molecule has 1 heterocycles. The Hall–Kier alpha value is -3.02. The number of rotatable bonds is 6. The molecule has 148 valence electrons. The number of carbonyl (C=O) groups excluding carboxylic acids is 1. The van der Waals surface area contributed by atoms with Crippen LogP contribution in [0.1, 0.15) is 47.3 Å². The van der Waals surface area contributed by atoms with E-state index in [0.29, 0.717) is 12.1 Å². The molecule has 1 atom stereocenters. The summed E-state index contributed by atoms with van der Waals surface area (Å²) >= 11 is 0. The zero-order valence-electron chi connectivity index (χ0n) is 16.6. The Kier molecular flexibility index (Phi) is 6.53. The average molecular weight is 380 g/mol. The number of nitrogens with zero attached hydrogens (tertiary/aromatic N) is 2. The van der Waals surface area contributed by atoms with Crippen LogP contribution >= 0.6 is 0 Å². The van der Waals surface area contributed by atoms with Crippen LogP contribution < -0.4 is 21.3 Å². The van der Waals surface area contributed by atoms with E-state index >= 15 is 0 Å². The van der Waals surface area contributed by atoms with Gasteiger partial charge in [0.25, 0.3) is 0 Å². The zero-order chi connectivity index (χ0) is 19.9. The van der Waals surface area contributed by atoms with Gasteiger partial charge in [-0.1, -0.05) is 24.3 Å². The largest absolute Gasteiger partial charge is 0.372 e. The van der Waals surface area contributed by atoms with Crippen molar-refractivity contribution in [1.82, 2.24) is 10.6 Å². The predicted octanol–water partition coefficient (Wildman–Crippen LogP) is 2.81. The Labute approximate surface area is 166 Å². The molecule has 2 aromatic rings. The van der Waals surface area contributed by atoms with Crippen molar-refractivity contribution in [3.8, 4) is 0 Å². The van der Waals surface area contributed by atoms with Crippen LogP contribution in [0.15, 0.2) is 53.5 Å². The number of hydrogen-bond acceptors (Lipinski definition) is 3. The molecule has 1 aliphatic rings. The number of aliphatic imine (C=N–C) groups is 1. The number of amides is 1. The predicted molar refractivity (Wildman–Crippen MR) is 115 cm³/mol. The van der Waals surface area contributed by atoms with Crippen molar-refractivity contribution in [2.45, 2.75) is 32.4 Å². The summed E-state index contributed by atoms with van der Waals surface area (Å²) in [6, 6.07) is 16.1. The molecule has 1 amide bonds. The number of anilines is 1. The lowest BCUT2D eigenvalue weighted by Crippen LogP contribution is -2.38. The third-order valence-electron chi connectivity index (χ3n) is 5.12. The Morgan fingerprint density at radius 3 is 2.54 bits per heavy atom. The van der Waals surface area contributed by atoms with E-state index in [1.54, 1.807) is 19.2 Å². The first-order valence-corrected chi connectivity index (χ1v) is 9.77. The molecule has 0 spiro atoms. The molecule has 0 bridgehead atoms. The van der Waals surface area contributed by atoms with E-state index < -0.39 is 5.91 Å². The van der Waals surface area contributed by atoms with E-state index in [-0.39, 0.29) is 6.04 Å². The number of primary amides is 1. The smallest absolute Gasteiger partial charge is 0.248 e. The van der Waals surface area contributed by atoms with Crippen LogP contribution in [0.5, 0.6) is 0 Å². The molecule has 0 radical (unpaired) electrons. The number of hydrogen-bond donors (Lipinski definition) is 3. The summed E-state index contributed by atoms with van der Waals surface area (Å²) < 4.78 is 0. The molecule has 0 aromatic heterocycles. The highest BCUT2D eigenvalue weighted by molar-refractivity contribution is 5.92. The number of nitrogens with two attached hydrogens (primary N) is 1. The van der Waals surface area contributed by atoms with Crippen molar-refractivity contribution in [2.24, 2.45) is 10.7 Å². The summed E-state index contributed by atoms with van der Waals surface area (Å²) in [7, 11) is 1.76. The summed E-state index contributed by atoms with van der Waals surface area (Å²) in [5, 5.41) is 6.76. The number of nitrogens with one attached hydrogen (secondary N) is 2. The first-order valence-electron chi connectivity index (χ1n) is 9.77. The van der Waals surface area contributed by atoms with E-state index in [9.17, 15) is 4.79 Å². The Morgan fingerprint density at radius 2 is 1.89 bits per heavy atom. The minimum atomic E-state index is -0.415. The quantitative estimate of drug-likeness (QED) is 0.532. The topological polar surface area (TPSA) is 82.7 Å². The van der Waals surface area contributed by atoms with Gasteiger partial charge >= 0.3 is 0 Å². The Balaban J connectivity index is 1.58. The van der Waals surface area contributed by atoms with Crippen LogP contribution in [0.4, 0.5) is 5.69 Å². The third kappa shape index (κ3) is 5.03. The fourth-order valence-electron chi connectivity index (χ4n) is 3.42. The van der Waals surface area contributed by atoms with E-state index in [4.69, 9.17) is 5.73 Å². The van der Waals surface area contributed by atoms with Gasteiger partial charge in [0.1, 0.15) is 0 Å². The second-order valence-electron chi connectivity index (χ2n) is 7.14. The lowest BCUT2D eigenvalue weighted by atomic mass is 10.1. The molecule has 0 aliphatic carbocycles. The van der Waals surface area contributed by atoms with Crippen molar-refractivity contribution in [1.29, 1.82) is 0 Å². The van der Waals surface area contributed by atoms with Gasteiger partial charge in [0, 0.05) is 37.9 Å². The van der Waals surface area contributed by atoms with Crippen molar-refractivity contribution in [2.75, 3.05) is 25.0 Å². The molecule has 1 aliphatic heterocycles. The van der Waals surface area contributed by atoms with Gasteiger partial charge in [-0.2, -0.15) is 0 Å². The number of carbonyl (C=O) groups is 1. The highest BCUT2D eigenvalue weighted by atomic mass is 16.1. The number of benzene rings is 2. The van der Waals surface area contributed by atoms with Gasteiger partial charge < -0.3 is 21.3 Å². The molecule has 1 saturated heterocycles. The summed E-state index contributed by atoms with van der Waals surface area (Å²) in [5.41, 5.74) is 9.37. The maximum Gasteiger partial charge on any atom is 0.248 e. The zero-order valence-corrected chi connectivity index (χ0v) is 16.6. The van der Waals surface area contributed by atoms with E-state index in [1.165, 1.54) is 24.1 Å². The lowest BCUT2D eigenvalue weighted by Gasteiger charge is -2.22. The molecule has 6 heteroatoms. The minimum absolute atomic E-state index is 0.131. The normalized spacial score (nSPS) is 15.4. The van der Waals surface area contributed by atoms with Crippen molar-refractivity contribution in [3.63, 3.8) is 0 Å². The van der Waals surface area contributed by atoms with E-state index in [2.05, 4.69) is 51.7 Å². The fourth-order valence-corrected chi connectivity index (χ4v) is 3.42. The van der Waals surface area contributed by atoms with Gasteiger partial charge in [0.2, 0.25) is 5.91 Å². The molecule has 3 rings (SSSR count). The highest BCUT2D eigenvalue weighted by Crippen LogP contribution is 2.23. The molecular weight excluding hydrogens is 350 g/mol. The van der Waals surface area contributed by atoms with Gasteiger partial charge in [-0.15, -0.1) is 0 Å². The van der Waals surface area contributed by atoms with E-state index in [0.717, 1.165) is 24.6 Å². The monoisotopic (exact) mass is 379 g/mol. The molecule has 4 N–H and O–H groups in total. The fraction of sp³-hybridized carbons (Fsp3) is 0.364. The summed E-state index contributed by atoms with van der Waals surface area (Å²) in [4.78, 5) is 17.9. The maximum atomic E-state index is 11.2. The molecule has 1 fully saturated rings. The van der Waals surface area contributed by atoms with Crippen LogP contribution in [0.25, 0.3) is 0 Å².